The summed E-state index contributed by atoms with van der Waals surface area (Å²) in [6.45, 7) is 0.565. The third kappa shape index (κ3) is 4.50. The number of carbonyl (C=O) groups is 2. The Bertz CT molecular complexity index is 762. The van der Waals surface area contributed by atoms with E-state index in [9.17, 15) is 9.59 Å². The first-order valence-corrected chi connectivity index (χ1v) is 8.04. The molecule has 0 spiro atoms. The number of ether oxygens (including phenoxy) is 1. The predicted octanol–water partition coefficient (Wildman–Crippen LogP) is 1.53. The van der Waals surface area contributed by atoms with E-state index in [4.69, 9.17) is 4.74 Å². The van der Waals surface area contributed by atoms with Gasteiger partial charge < -0.3 is 15.4 Å². The van der Waals surface area contributed by atoms with Crippen LogP contribution in [0.1, 0.15) is 46.2 Å². The van der Waals surface area contributed by atoms with Gasteiger partial charge in [-0.25, -0.2) is 9.59 Å². The topological polar surface area (TPSA) is 106 Å². The maximum atomic E-state index is 11.9. The fraction of sp³-hybridized carbons (Fsp3) is 0.353. The zero-order chi connectivity index (χ0) is 17.6. The van der Waals surface area contributed by atoms with Crippen molar-refractivity contribution < 1.29 is 14.3 Å². The largest absolute Gasteiger partial charge is 0.465 e. The number of hydrogen-bond donors (Lipinski definition) is 2. The van der Waals surface area contributed by atoms with Crippen molar-refractivity contribution in [2.24, 2.45) is 0 Å². The van der Waals surface area contributed by atoms with E-state index in [1.54, 1.807) is 30.5 Å². The van der Waals surface area contributed by atoms with Crippen molar-refractivity contribution in [3.05, 3.63) is 53.1 Å². The highest BCUT2D eigenvalue weighted by atomic mass is 16.5. The van der Waals surface area contributed by atoms with Crippen LogP contribution in [0.5, 0.6) is 0 Å². The van der Waals surface area contributed by atoms with E-state index in [2.05, 4.69) is 25.8 Å². The summed E-state index contributed by atoms with van der Waals surface area (Å²) in [6, 6.07) is 6.65. The van der Waals surface area contributed by atoms with Gasteiger partial charge in [-0.15, -0.1) is 0 Å². The molecule has 2 N–H and O–H groups in total. The summed E-state index contributed by atoms with van der Waals surface area (Å²) < 4.78 is 4.80. The Morgan fingerprint density at radius 2 is 1.92 bits per heavy atom. The molecule has 0 radical (unpaired) electrons. The zero-order valence-electron chi connectivity index (χ0n) is 13.9. The number of urea groups is 1. The molecular formula is C17H19N5O3. The number of hydrogen-bond acceptors (Lipinski definition) is 6. The maximum Gasteiger partial charge on any atom is 0.339 e. The minimum atomic E-state index is -0.379. The van der Waals surface area contributed by atoms with Crippen LogP contribution in [0.3, 0.4) is 0 Å². The molecular weight excluding hydrogens is 322 g/mol. The summed E-state index contributed by atoms with van der Waals surface area (Å²) >= 11 is 0. The Labute approximate surface area is 145 Å². The fourth-order valence-corrected chi connectivity index (χ4v) is 2.40. The number of carbonyl (C=O) groups excluding carboxylic acids is 2. The van der Waals surface area contributed by atoms with Crippen molar-refractivity contribution in [2.45, 2.75) is 31.8 Å². The van der Waals surface area contributed by atoms with Crippen LogP contribution in [-0.2, 0) is 17.8 Å². The summed E-state index contributed by atoms with van der Waals surface area (Å²) in [4.78, 5) is 28.2. The monoisotopic (exact) mass is 341 g/mol. The molecule has 1 aliphatic carbocycles. The summed E-state index contributed by atoms with van der Waals surface area (Å²) in [5.41, 5.74) is 2.63. The summed E-state index contributed by atoms with van der Waals surface area (Å²) in [7, 11) is 1.36. The second-order valence-corrected chi connectivity index (χ2v) is 5.75. The van der Waals surface area contributed by atoms with Crippen LogP contribution in [0.15, 0.2) is 30.5 Å². The zero-order valence-corrected chi connectivity index (χ0v) is 13.9. The lowest BCUT2D eigenvalue weighted by atomic mass is 10.1. The second kappa shape index (κ2) is 7.69. The average Bonchev–Trinajstić information content (AvgIpc) is 3.50. The van der Waals surface area contributed by atoms with Crippen LogP contribution in [0.25, 0.3) is 0 Å². The lowest BCUT2D eigenvalue weighted by Gasteiger charge is -2.10. The molecule has 0 aliphatic heterocycles. The number of nitrogens with zero attached hydrogens (tertiary/aromatic N) is 3. The fourth-order valence-electron chi connectivity index (χ4n) is 2.40. The van der Waals surface area contributed by atoms with Crippen LogP contribution >= 0.6 is 0 Å². The minimum absolute atomic E-state index is 0.271. The van der Waals surface area contributed by atoms with Gasteiger partial charge in [-0.1, -0.05) is 0 Å². The number of aromatic nitrogens is 3. The molecule has 8 nitrogen and oxygen atoms in total. The number of pyridine rings is 1. The van der Waals surface area contributed by atoms with Crippen molar-refractivity contribution in [1.29, 1.82) is 0 Å². The molecule has 8 heteroatoms. The Morgan fingerprint density at radius 3 is 2.56 bits per heavy atom. The van der Waals surface area contributed by atoms with Gasteiger partial charge in [0.25, 0.3) is 0 Å². The van der Waals surface area contributed by atoms with Crippen LogP contribution < -0.4 is 10.6 Å². The van der Waals surface area contributed by atoms with E-state index in [-0.39, 0.29) is 18.5 Å². The Kier molecular flexibility index (Phi) is 5.17. The van der Waals surface area contributed by atoms with E-state index in [0.717, 1.165) is 18.5 Å². The van der Waals surface area contributed by atoms with Gasteiger partial charge in [0.2, 0.25) is 0 Å². The van der Waals surface area contributed by atoms with Crippen molar-refractivity contribution in [3.8, 4) is 0 Å². The van der Waals surface area contributed by atoms with E-state index < -0.39 is 0 Å². The molecule has 3 rings (SSSR count). The normalized spacial score (nSPS) is 13.2. The average molecular weight is 341 g/mol. The number of nitrogens with one attached hydrogen (secondary N) is 2. The molecule has 0 aromatic carbocycles. The van der Waals surface area contributed by atoms with Crippen molar-refractivity contribution in [1.82, 2.24) is 25.8 Å². The molecule has 1 saturated carbocycles. The SMILES string of the molecule is COC(=O)c1ccc(CNC(=O)NCc2cccnn2)nc1C1CC1. The number of methoxy groups -OCH3 is 1. The molecule has 0 unspecified atom stereocenters. The third-order valence-corrected chi connectivity index (χ3v) is 3.84. The molecule has 130 valence electrons. The number of amides is 2. The van der Waals surface area contributed by atoms with Crippen molar-refractivity contribution in [3.63, 3.8) is 0 Å². The van der Waals surface area contributed by atoms with Crippen LogP contribution in [0.4, 0.5) is 4.79 Å². The first-order chi connectivity index (χ1) is 12.2. The minimum Gasteiger partial charge on any atom is -0.465 e. The third-order valence-electron chi connectivity index (χ3n) is 3.84. The van der Waals surface area contributed by atoms with Crippen LogP contribution in [0, 0.1) is 0 Å². The lowest BCUT2D eigenvalue weighted by Crippen LogP contribution is -2.35. The van der Waals surface area contributed by atoms with Gasteiger partial charge in [0.1, 0.15) is 0 Å². The van der Waals surface area contributed by atoms with Gasteiger partial charge in [0.05, 0.1) is 42.8 Å². The highest BCUT2D eigenvalue weighted by Crippen LogP contribution is 2.40. The van der Waals surface area contributed by atoms with E-state index in [0.29, 0.717) is 29.4 Å². The van der Waals surface area contributed by atoms with Gasteiger partial charge in [-0.2, -0.15) is 10.2 Å². The van der Waals surface area contributed by atoms with Crippen LogP contribution in [-0.4, -0.2) is 34.3 Å². The molecule has 0 bridgehead atoms. The van der Waals surface area contributed by atoms with Crippen LogP contribution in [0.2, 0.25) is 0 Å². The molecule has 1 fully saturated rings. The molecule has 0 atom stereocenters. The summed E-state index contributed by atoms with van der Waals surface area (Å²) in [5, 5.41) is 13.1. The molecule has 2 heterocycles. The van der Waals surface area contributed by atoms with Gasteiger partial charge in [0, 0.05) is 12.1 Å². The molecule has 2 aromatic heterocycles. The molecule has 2 aromatic rings. The van der Waals surface area contributed by atoms with Gasteiger partial charge >= 0.3 is 12.0 Å². The van der Waals surface area contributed by atoms with E-state index in [1.165, 1.54) is 7.11 Å². The second-order valence-electron chi connectivity index (χ2n) is 5.75. The Hall–Kier alpha value is -3.03. The quantitative estimate of drug-likeness (QED) is 0.772. The first kappa shape index (κ1) is 16.8. The van der Waals surface area contributed by atoms with E-state index >= 15 is 0 Å². The highest BCUT2D eigenvalue weighted by Gasteiger charge is 2.30. The highest BCUT2D eigenvalue weighted by molar-refractivity contribution is 5.90. The standard InChI is InChI=1S/C17H19N5O3/c1-25-16(23)14-7-6-12(21-15(14)11-4-5-11)9-18-17(24)19-10-13-3-2-8-20-22-13/h2-3,6-8,11H,4-5,9-10H2,1H3,(H2,18,19,24). The lowest BCUT2D eigenvalue weighted by molar-refractivity contribution is 0.0598. The Balaban J connectivity index is 1.56. The first-order valence-electron chi connectivity index (χ1n) is 8.04. The predicted molar refractivity (Wildman–Crippen MR) is 88.7 cm³/mol. The van der Waals surface area contributed by atoms with Gasteiger partial charge in [-0.3, -0.25) is 4.98 Å². The summed E-state index contributed by atoms with van der Waals surface area (Å²) in [6.07, 6.45) is 3.61. The smallest absolute Gasteiger partial charge is 0.339 e. The van der Waals surface area contributed by atoms with Crippen molar-refractivity contribution in [2.75, 3.05) is 7.11 Å². The number of esters is 1. The Morgan fingerprint density at radius 1 is 1.16 bits per heavy atom. The number of rotatable bonds is 6. The summed E-state index contributed by atoms with van der Waals surface area (Å²) in [5.74, 6) is -0.0739. The maximum absolute atomic E-state index is 11.9. The van der Waals surface area contributed by atoms with Gasteiger partial charge in [0.15, 0.2) is 0 Å². The molecule has 2 amide bonds. The molecule has 25 heavy (non-hydrogen) atoms. The molecule has 0 saturated heterocycles. The van der Waals surface area contributed by atoms with E-state index in [1.807, 2.05) is 0 Å². The van der Waals surface area contributed by atoms with Crippen molar-refractivity contribution >= 4 is 12.0 Å². The molecule has 1 aliphatic rings. The van der Waals surface area contributed by atoms with Gasteiger partial charge in [-0.05, 0) is 37.1 Å².